The summed E-state index contributed by atoms with van der Waals surface area (Å²) < 4.78 is 7.52. The molecule has 2 nitrogen and oxygen atoms in total. The largest absolute Gasteiger partial charge is 0.457 e. The molecule has 0 N–H and O–H groups in total. The Morgan fingerprint density at radius 2 is 1.09 bits per heavy atom. The van der Waals surface area contributed by atoms with E-state index in [4.69, 9.17) is 4.74 Å². The summed E-state index contributed by atoms with van der Waals surface area (Å²) in [6, 6.07) is 42.8. The van der Waals surface area contributed by atoms with E-state index in [9.17, 15) is 0 Å². The number of halogens is 1. The van der Waals surface area contributed by atoms with Crippen LogP contribution in [0.4, 0.5) is 17.1 Å². The number of nitrogens with zero attached hydrogens (tertiary/aromatic N) is 1. The molecule has 3 heteroatoms. The van der Waals surface area contributed by atoms with Gasteiger partial charge in [0.2, 0.25) is 0 Å². The van der Waals surface area contributed by atoms with Crippen molar-refractivity contribution < 1.29 is 4.74 Å². The number of benzene rings is 5. The fourth-order valence-electron chi connectivity index (χ4n) is 5.73. The number of hydrogen-bond acceptors (Lipinski definition) is 2. The third kappa shape index (κ3) is 2.50. The molecule has 1 spiro atoms. The average molecular weight is 502 g/mol. The molecule has 0 fully saturated rings. The third-order valence-corrected chi connectivity index (χ3v) is 7.63. The van der Waals surface area contributed by atoms with E-state index in [1.807, 2.05) is 12.1 Å². The van der Waals surface area contributed by atoms with E-state index in [1.54, 1.807) is 0 Å². The fourth-order valence-corrected chi connectivity index (χ4v) is 6.38. The number of para-hydroxylation sites is 4. The van der Waals surface area contributed by atoms with Crippen LogP contribution >= 0.6 is 15.9 Å². The van der Waals surface area contributed by atoms with Gasteiger partial charge in [0.05, 0.1) is 16.8 Å². The first kappa shape index (κ1) is 19.6. The summed E-state index contributed by atoms with van der Waals surface area (Å²) in [5.74, 6) is 1.77. The number of hydrogen-bond donors (Lipinski definition) is 0. The normalized spacial score (nSPS) is 14.4. The van der Waals surface area contributed by atoms with Crippen LogP contribution in [0.15, 0.2) is 126 Å². The third-order valence-electron chi connectivity index (χ3n) is 6.97. The summed E-state index contributed by atoms with van der Waals surface area (Å²) in [4.78, 5) is 2.38. The van der Waals surface area contributed by atoms with Crippen LogP contribution in [0.3, 0.4) is 0 Å². The van der Waals surface area contributed by atoms with Gasteiger partial charge in [-0.05, 0) is 53.6 Å². The van der Waals surface area contributed by atoms with Crippen molar-refractivity contribution >= 4 is 33.0 Å². The summed E-state index contributed by atoms with van der Waals surface area (Å²) in [6.07, 6.45) is 0. The first-order valence-corrected chi connectivity index (χ1v) is 12.2. The summed E-state index contributed by atoms with van der Waals surface area (Å²) in [5, 5.41) is 0. The molecule has 5 aromatic rings. The maximum absolute atomic E-state index is 6.48. The molecule has 162 valence electrons. The molecule has 7 rings (SSSR count). The van der Waals surface area contributed by atoms with E-state index < -0.39 is 5.41 Å². The molecule has 34 heavy (non-hydrogen) atoms. The van der Waals surface area contributed by atoms with E-state index >= 15 is 0 Å². The van der Waals surface area contributed by atoms with E-state index in [1.165, 1.54) is 22.5 Å². The Balaban J connectivity index is 1.69. The van der Waals surface area contributed by atoms with E-state index in [-0.39, 0.29) is 0 Å². The fraction of sp³-hybridized carbons (Fsp3) is 0.0323. The van der Waals surface area contributed by atoms with Crippen molar-refractivity contribution in [1.82, 2.24) is 0 Å². The van der Waals surface area contributed by atoms with Crippen LogP contribution in [0.5, 0.6) is 11.5 Å². The SMILES string of the molecule is Brc1cccc2c1C1(c3ccccc3O2)c2ccccc2N(c2ccccc2)c2ccccc21. The highest BCUT2D eigenvalue weighted by Crippen LogP contribution is 2.63. The van der Waals surface area contributed by atoms with Crippen molar-refractivity contribution in [1.29, 1.82) is 0 Å². The summed E-state index contributed by atoms with van der Waals surface area (Å²) in [5.41, 5.74) is 7.73. The zero-order valence-electron chi connectivity index (χ0n) is 18.3. The maximum atomic E-state index is 6.48. The van der Waals surface area contributed by atoms with E-state index in [2.05, 4.69) is 130 Å². The van der Waals surface area contributed by atoms with Crippen molar-refractivity contribution in [3.8, 4) is 11.5 Å². The van der Waals surface area contributed by atoms with Crippen molar-refractivity contribution in [2.24, 2.45) is 0 Å². The lowest BCUT2D eigenvalue weighted by Gasteiger charge is -2.48. The molecule has 2 aliphatic rings. The monoisotopic (exact) mass is 501 g/mol. The molecule has 5 aromatic carbocycles. The second-order valence-corrected chi connectivity index (χ2v) is 9.52. The van der Waals surface area contributed by atoms with Gasteiger partial charge in [-0.1, -0.05) is 94.8 Å². The van der Waals surface area contributed by atoms with Gasteiger partial charge >= 0.3 is 0 Å². The lowest BCUT2D eigenvalue weighted by atomic mass is 9.61. The summed E-state index contributed by atoms with van der Waals surface area (Å²) in [7, 11) is 0. The van der Waals surface area contributed by atoms with Gasteiger partial charge in [0.15, 0.2) is 0 Å². The van der Waals surface area contributed by atoms with Gasteiger partial charge in [-0.2, -0.15) is 0 Å². The highest BCUT2D eigenvalue weighted by atomic mass is 79.9. The van der Waals surface area contributed by atoms with Crippen molar-refractivity contribution in [2.75, 3.05) is 4.90 Å². The first-order chi connectivity index (χ1) is 16.8. The molecular weight excluding hydrogens is 482 g/mol. The predicted octanol–water partition coefficient (Wildman–Crippen LogP) is 8.72. The Hall–Kier alpha value is -3.82. The lowest BCUT2D eigenvalue weighted by molar-refractivity contribution is 0.433. The zero-order valence-corrected chi connectivity index (χ0v) is 19.9. The topological polar surface area (TPSA) is 12.5 Å². The predicted molar refractivity (Wildman–Crippen MR) is 141 cm³/mol. The van der Waals surface area contributed by atoms with Crippen LogP contribution in [0.1, 0.15) is 22.3 Å². The highest BCUT2D eigenvalue weighted by molar-refractivity contribution is 9.10. The molecule has 2 heterocycles. The molecule has 0 bridgehead atoms. The number of rotatable bonds is 1. The van der Waals surface area contributed by atoms with Crippen LogP contribution in [-0.2, 0) is 5.41 Å². The maximum Gasteiger partial charge on any atom is 0.133 e. The Labute approximate surface area is 207 Å². The number of ether oxygens (including phenoxy) is 1. The van der Waals surface area contributed by atoms with Crippen molar-refractivity contribution in [3.05, 3.63) is 148 Å². The molecule has 0 amide bonds. The lowest BCUT2D eigenvalue weighted by Crippen LogP contribution is -2.40. The molecule has 2 aliphatic heterocycles. The van der Waals surface area contributed by atoms with Gasteiger partial charge < -0.3 is 9.64 Å². The molecule has 0 saturated carbocycles. The Kier molecular flexibility index (Phi) is 4.24. The van der Waals surface area contributed by atoms with Crippen molar-refractivity contribution in [3.63, 3.8) is 0 Å². The van der Waals surface area contributed by atoms with Gasteiger partial charge in [0, 0.05) is 21.3 Å². The van der Waals surface area contributed by atoms with Gasteiger partial charge in [-0.25, -0.2) is 0 Å². The number of fused-ring (bicyclic) bond motifs is 8. The highest BCUT2D eigenvalue weighted by Gasteiger charge is 2.51. The molecule has 0 aromatic heterocycles. The van der Waals surface area contributed by atoms with Crippen LogP contribution in [0.25, 0.3) is 0 Å². The minimum atomic E-state index is -0.525. The molecule has 0 unspecified atom stereocenters. The van der Waals surface area contributed by atoms with Crippen LogP contribution in [0, 0.1) is 0 Å². The quantitative estimate of drug-likeness (QED) is 0.223. The van der Waals surface area contributed by atoms with Crippen LogP contribution in [0.2, 0.25) is 0 Å². The van der Waals surface area contributed by atoms with Gasteiger partial charge in [-0.3, -0.25) is 0 Å². The number of anilines is 3. The zero-order chi connectivity index (χ0) is 22.7. The standard InChI is InChI=1S/C31H20BrNO/c32-25-16-10-20-29-30(25)31(24-15-6-9-19-28(24)34-29)22-13-4-7-17-26(22)33(21-11-2-1-3-12-21)27-18-8-5-14-23(27)31/h1-20H. The van der Waals surface area contributed by atoms with Gasteiger partial charge in [-0.15, -0.1) is 0 Å². The first-order valence-electron chi connectivity index (χ1n) is 11.4. The molecular formula is C31H20BrNO. The Morgan fingerprint density at radius 3 is 1.79 bits per heavy atom. The Bertz CT molecular complexity index is 1510. The smallest absolute Gasteiger partial charge is 0.133 e. The summed E-state index contributed by atoms with van der Waals surface area (Å²) >= 11 is 3.91. The second-order valence-electron chi connectivity index (χ2n) is 8.67. The van der Waals surface area contributed by atoms with Gasteiger partial charge in [0.25, 0.3) is 0 Å². The van der Waals surface area contributed by atoms with Crippen molar-refractivity contribution in [2.45, 2.75) is 5.41 Å². The Morgan fingerprint density at radius 1 is 0.529 bits per heavy atom. The van der Waals surface area contributed by atoms with Crippen LogP contribution in [-0.4, -0.2) is 0 Å². The molecule has 0 atom stereocenters. The van der Waals surface area contributed by atoms with E-state index in [0.717, 1.165) is 32.8 Å². The minimum absolute atomic E-state index is 0.525. The average Bonchev–Trinajstić information content (AvgIpc) is 2.89. The second kappa shape index (κ2) is 7.34. The summed E-state index contributed by atoms with van der Waals surface area (Å²) in [6.45, 7) is 0. The van der Waals surface area contributed by atoms with Gasteiger partial charge in [0.1, 0.15) is 11.5 Å². The minimum Gasteiger partial charge on any atom is -0.457 e. The molecule has 0 saturated heterocycles. The molecule has 0 radical (unpaired) electrons. The molecule has 0 aliphatic carbocycles. The van der Waals surface area contributed by atoms with Crippen LogP contribution < -0.4 is 9.64 Å². The van der Waals surface area contributed by atoms with E-state index in [0.29, 0.717) is 0 Å².